The molecule has 12 nitrogen and oxygen atoms in total. The number of aliphatic hydroxyl groups excluding tert-OH is 1. The summed E-state index contributed by atoms with van der Waals surface area (Å²) in [6.07, 6.45) is 3.59. The average molecular weight is 649 g/mol. The van der Waals surface area contributed by atoms with Crippen LogP contribution in [0.2, 0.25) is 5.02 Å². The van der Waals surface area contributed by atoms with Crippen molar-refractivity contribution < 1.29 is 19.4 Å². The van der Waals surface area contributed by atoms with Gasteiger partial charge in [0.05, 0.1) is 30.8 Å². The molecule has 2 fully saturated rings. The van der Waals surface area contributed by atoms with Crippen molar-refractivity contribution in [1.82, 2.24) is 19.8 Å². The summed E-state index contributed by atoms with van der Waals surface area (Å²) in [6, 6.07) is 12.6. The molecule has 5 rings (SSSR count). The summed E-state index contributed by atoms with van der Waals surface area (Å²) < 4.78 is 5.55. The minimum absolute atomic E-state index is 0.222. The predicted octanol–water partition coefficient (Wildman–Crippen LogP) is 4.56. The molecule has 0 bridgehead atoms. The Morgan fingerprint density at radius 1 is 1.04 bits per heavy atom. The van der Waals surface area contributed by atoms with Crippen LogP contribution in [-0.4, -0.2) is 96.7 Å². The summed E-state index contributed by atoms with van der Waals surface area (Å²) in [6.45, 7) is 9.19. The average Bonchev–Trinajstić information content (AvgIpc) is 3.06. The summed E-state index contributed by atoms with van der Waals surface area (Å²) in [5.74, 6) is -0.146. The number of likely N-dealkylation sites (N-methyl/N-ethyl adjacent to an activating group) is 1. The van der Waals surface area contributed by atoms with Crippen molar-refractivity contribution in [2.24, 2.45) is 0 Å². The Bertz CT molecular complexity index is 1560. The number of halogens is 1. The maximum atomic E-state index is 13.3. The van der Waals surface area contributed by atoms with Crippen molar-refractivity contribution in [2.45, 2.75) is 25.4 Å². The number of hydrogen-bond donors (Lipinski definition) is 4. The van der Waals surface area contributed by atoms with Crippen LogP contribution in [0.25, 0.3) is 0 Å². The molecule has 1 atom stereocenters. The first-order chi connectivity index (χ1) is 22.2. The summed E-state index contributed by atoms with van der Waals surface area (Å²) in [7, 11) is 3.16. The molecule has 2 amide bonds. The predicted molar refractivity (Wildman–Crippen MR) is 181 cm³/mol. The molecule has 0 spiro atoms. The van der Waals surface area contributed by atoms with Gasteiger partial charge < -0.3 is 35.6 Å². The number of aromatic nitrogens is 2. The monoisotopic (exact) mass is 648 g/mol. The van der Waals surface area contributed by atoms with Crippen molar-refractivity contribution in [3.8, 4) is 0 Å². The van der Waals surface area contributed by atoms with E-state index in [2.05, 4.69) is 42.3 Å². The van der Waals surface area contributed by atoms with Gasteiger partial charge in [-0.3, -0.25) is 14.5 Å². The van der Waals surface area contributed by atoms with Crippen LogP contribution < -0.4 is 20.9 Å². The fourth-order valence-electron chi connectivity index (χ4n) is 5.46. The first kappa shape index (κ1) is 33.1. The number of anilines is 6. The van der Waals surface area contributed by atoms with Crippen molar-refractivity contribution in [3.63, 3.8) is 0 Å². The molecular formula is C33H41ClN8O4. The number of piperidine rings is 1. The molecule has 1 aromatic heterocycles. The molecular weight excluding hydrogens is 608 g/mol. The topological polar surface area (TPSA) is 135 Å². The van der Waals surface area contributed by atoms with E-state index in [0.717, 1.165) is 31.6 Å². The number of para-hydroxylation sites is 1. The number of carbonyl (C=O) groups is 2. The van der Waals surface area contributed by atoms with Gasteiger partial charge in [-0.1, -0.05) is 42.8 Å². The van der Waals surface area contributed by atoms with Gasteiger partial charge in [0.2, 0.25) is 5.95 Å². The van der Waals surface area contributed by atoms with Gasteiger partial charge in [-0.05, 0) is 50.2 Å². The van der Waals surface area contributed by atoms with Gasteiger partial charge in [0.1, 0.15) is 5.02 Å². The molecule has 0 radical (unpaired) electrons. The van der Waals surface area contributed by atoms with Crippen molar-refractivity contribution in [1.29, 1.82) is 0 Å². The second-order valence-electron chi connectivity index (χ2n) is 11.6. The lowest BCUT2D eigenvalue weighted by atomic mass is 10.1. The lowest BCUT2D eigenvalue weighted by molar-refractivity contribution is -0.137. The van der Waals surface area contributed by atoms with E-state index in [1.54, 1.807) is 38.4 Å². The highest BCUT2D eigenvalue weighted by molar-refractivity contribution is 6.33. The van der Waals surface area contributed by atoms with E-state index in [4.69, 9.17) is 16.3 Å². The molecule has 2 saturated heterocycles. The zero-order valence-corrected chi connectivity index (χ0v) is 27.0. The molecule has 2 aliphatic heterocycles. The van der Waals surface area contributed by atoms with E-state index in [1.165, 1.54) is 17.5 Å². The highest BCUT2D eigenvalue weighted by Crippen LogP contribution is 2.33. The fourth-order valence-corrected chi connectivity index (χ4v) is 5.60. The number of ether oxygens (including phenoxy) is 1. The smallest absolute Gasteiger partial charge is 0.255 e. The van der Waals surface area contributed by atoms with Crippen LogP contribution in [0.4, 0.5) is 34.5 Å². The molecule has 2 aliphatic rings. The Kier molecular flexibility index (Phi) is 11.1. The van der Waals surface area contributed by atoms with E-state index >= 15 is 0 Å². The van der Waals surface area contributed by atoms with Crippen LogP contribution in [0.1, 0.15) is 30.9 Å². The number of hydrogen-bond acceptors (Lipinski definition) is 10. The molecule has 13 heteroatoms. The largest absolute Gasteiger partial charge is 0.378 e. The standard InChI is InChI=1S/C33H41ClN8O4/c1-22(21-41-13-7-4-8-14-41)31(44)38-27-19-23(11-12-28(27)42-15-17-46-18-16-42)36-33-35-20-25(34)30(39-33)37-26-10-6-5-9-24(26)29(43)32(45)40(2)3/h5-6,9-12,19-20,29,43H,1,4,7-8,13-18,21H2,2-3H3,(H,38,44)(H2,35,36,37,39). The molecule has 244 valence electrons. The quantitative estimate of drug-likeness (QED) is 0.219. The number of rotatable bonds is 11. The molecule has 0 aliphatic carbocycles. The summed E-state index contributed by atoms with van der Waals surface area (Å²) in [5, 5.41) is 20.4. The lowest BCUT2D eigenvalue weighted by Crippen LogP contribution is -2.37. The maximum Gasteiger partial charge on any atom is 0.255 e. The summed E-state index contributed by atoms with van der Waals surface area (Å²) >= 11 is 6.45. The van der Waals surface area contributed by atoms with Crippen molar-refractivity contribution in [2.75, 3.05) is 80.9 Å². The van der Waals surface area contributed by atoms with Gasteiger partial charge >= 0.3 is 0 Å². The SMILES string of the molecule is C=C(CN1CCCCC1)C(=O)Nc1cc(Nc2ncc(Cl)c(Nc3ccccc3C(O)C(=O)N(C)C)n2)ccc1N1CCOCC1. The minimum atomic E-state index is -1.37. The Hall–Kier alpha value is -4.23. The van der Waals surface area contributed by atoms with Gasteiger partial charge in [-0.25, -0.2) is 4.98 Å². The number of amides is 2. The number of nitrogens with one attached hydrogen (secondary N) is 3. The van der Waals surface area contributed by atoms with Crippen LogP contribution >= 0.6 is 11.6 Å². The number of likely N-dealkylation sites (tertiary alicyclic amines) is 1. The minimum Gasteiger partial charge on any atom is -0.378 e. The third kappa shape index (κ3) is 8.32. The number of morpholine rings is 1. The van der Waals surface area contributed by atoms with Gasteiger partial charge in [0, 0.05) is 56.2 Å². The molecule has 46 heavy (non-hydrogen) atoms. The Morgan fingerprint density at radius 2 is 1.78 bits per heavy atom. The second kappa shape index (κ2) is 15.4. The lowest BCUT2D eigenvalue weighted by Gasteiger charge is -2.31. The molecule has 1 unspecified atom stereocenters. The van der Waals surface area contributed by atoms with Crippen LogP contribution in [0, 0.1) is 0 Å². The summed E-state index contributed by atoms with van der Waals surface area (Å²) in [5.41, 5.74) is 3.54. The molecule has 3 aromatic rings. The Balaban J connectivity index is 1.36. The number of carbonyl (C=O) groups excluding carboxylic acids is 2. The zero-order valence-electron chi connectivity index (χ0n) is 26.3. The molecule has 0 saturated carbocycles. The number of nitrogens with zero attached hydrogens (tertiary/aromatic N) is 5. The van der Waals surface area contributed by atoms with Gasteiger partial charge in [0.15, 0.2) is 11.9 Å². The highest BCUT2D eigenvalue weighted by Gasteiger charge is 2.23. The van der Waals surface area contributed by atoms with E-state index in [1.807, 2.05) is 18.2 Å². The number of benzene rings is 2. The number of aliphatic hydroxyl groups is 1. The van der Waals surface area contributed by atoms with E-state index in [9.17, 15) is 14.7 Å². The van der Waals surface area contributed by atoms with Gasteiger partial charge in [0.25, 0.3) is 11.8 Å². The molecule has 4 N–H and O–H groups in total. The Labute approximate surface area is 274 Å². The molecule has 2 aromatic carbocycles. The van der Waals surface area contributed by atoms with E-state index < -0.39 is 12.0 Å². The van der Waals surface area contributed by atoms with Crippen LogP contribution in [-0.2, 0) is 14.3 Å². The zero-order chi connectivity index (χ0) is 32.6. The maximum absolute atomic E-state index is 13.3. The second-order valence-corrected chi connectivity index (χ2v) is 12.0. The highest BCUT2D eigenvalue weighted by atomic mass is 35.5. The third-order valence-corrected chi connectivity index (χ3v) is 8.24. The van der Waals surface area contributed by atoms with Crippen LogP contribution in [0.15, 0.2) is 60.8 Å². The van der Waals surface area contributed by atoms with Crippen molar-refractivity contribution in [3.05, 3.63) is 71.4 Å². The third-order valence-electron chi connectivity index (χ3n) is 7.96. The molecule has 3 heterocycles. The first-order valence-electron chi connectivity index (χ1n) is 15.4. The van der Waals surface area contributed by atoms with Crippen molar-refractivity contribution >= 4 is 57.9 Å². The van der Waals surface area contributed by atoms with Crippen LogP contribution in [0.3, 0.4) is 0 Å². The van der Waals surface area contributed by atoms with E-state index in [-0.39, 0.29) is 22.7 Å². The van der Waals surface area contributed by atoms with E-state index in [0.29, 0.717) is 61.0 Å². The van der Waals surface area contributed by atoms with Crippen LogP contribution in [0.5, 0.6) is 0 Å². The van der Waals surface area contributed by atoms with Gasteiger partial charge in [-0.2, -0.15) is 4.98 Å². The fraction of sp³-hybridized carbons (Fsp3) is 0.394. The summed E-state index contributed by atoms with van der Waals surface area (Å²) in [4.78, 5) is 40.5. The Morgan fingerprint density at radius 3 is 2.52 bits per heavy atom. The van der Waals surface area contributed by atoms with Gasteiger partial charge in [-0.15, -0.1) is 0 Å². The normalized spacial score (nSPS) is 16.0. The first-order valence-corrected chi connectivity index (χ1v) is 15.8.